The van der Waals surface area contributed by atoms with E-state index >= 15 is 0 Å². The molecule has 124 valence electrons. The molecule has 0 aliphatic carbocycles. The molecule has 3 nitrogen and oxygen atoms in total. The molecule has 0 aliphatic heterocycles. The van der Waals surface area contributed by atoms with Gasteiger partial charge in [0.1, 0.15) is 5.82 Å². The number of hydrogen-bond acceptors (Lipinski definition) is 2. The summed E-state index contributed by atoms with van der Waals surface area (Å²) in [5, 5.41) is 3.68. The third-order valence-electron chi connectivity index (χ3n) is 3.75. The summed E-state index contributed by atoms with van der Waals surface area (Å²) < 4.78 is 2.30. The van der Waals surface area contributed by atoms with Crippen LogP contribution in [-0.4, -0.2) is 15.1 Å². The quantitative estimate of drug-likeness (QED) is 0.858. The van der Waals surface area contributed by atoms with E-state index in [0.29, 0.717) is 5.41 Å². The van der Waals surface area contributed by atoms with Gasteiger partial charge in [0, 0.05) is 12.1 Å². The van der Waals surface area contributed by atoms with Crippen LogP contribution in [0, 0.1) is 5.41 Å². The minimum atomic E-state index is 0. The molecule has 0 bridgehead atoms. The third kappa shape index (κ3) is 4.72. The average Bonchev–Trinajstić information content (AvgIpc) is 2.71. The van der Waals surface area contributed by atoms with Crippen molar-refractivity contribution in [3.8, 4) is 0 Å². The first kappa shape index (κ1) is 19.0. The monoisotopic (exact) mass is 323 g/mol. The topological polar surface area (TPSA) is 29.9 Å². The summed E-state index contributed by atoms with van der Waals surface area (Å²) in [5.41, 5.74) is 2.74. The zero-order valence-corrected chi connectivity index (χ0v) is 15.5. The summed E-state index contributed by atoms with van der Waals surface area (Å²) in [6.07, 6.45) is 1.13. The molecule has 0 atom stereocenters. The van der Waals surface area contributed by atoms with Crippen molar-refractivity contribution in [1.29, 1.82) is 0 Å². The van der Waals surface area contributed by atoms with Gasteiger partial charge in [-0.15, -0.1) is 12.4 Å². The Hall–Kier alpha value is -1.06. The van der Waals surface area contributed by atoms with Gasteiger partial charge in [0.2, 0.25) is 0 Å². The van der Waals surface area contributed by atoms with E-state index in [9.17, 15) is 0 Å². The number of benzene rings is 1. The number of para-hydroxylation sites is 2. The minimum absolute atomic E-state index is 0. The van der Waals surface area contributed by atoms with E-state index in [0.717, 1.165) is 30.9 Å². The lowest BCUT2D eigenvalue weighted by Crippen LogP contribution is -2.42. The molecule has 0 saturated carbocycles. The summed E-state index contributed by atoms with van der Waals surface area (Å²) in [7, 11) is 0. The fraction of sp³-hybridized carbons (Fsp3) is 0.611. The van der Waals surface area contributed by atoms with E-state index in [4.69, 9.17) is 4.98 Å². The van der Waals surface area contributed by atoms with Crippen molar-refractivity contribution in [3.05, 3.63) is 30.1 Å². The molecule has 0 radical (unpaired) electrons. The summed E-state index contributed by atoms with van der Waals surface area (Å²) >= 11 is 0. The number of fused-ring (bicyclic) bond motifs is 1. The Morgan fingerprint density at radius 3 is 2.32 bits per heavy atom. The van der Waals surface area contributed by atoms with Crippen molar-refractivity contribution >= 4 is 23.4 Å². The van der Waals surface area contributed by atoms with Gasteiger partial charge in [-0.05, 0) is 44.7 Å². The Balaban J connectivity index is 0.00000242. The first-order chi connectivity index (χ1) is 9.72. The molecule has 0 saturated heterocycles. The number of aryl methyl sites for hydroxylation is 1. The molecule has 1 aromatic carbocycles. The summed E-state index contributed by atoms with van der Waals surface area (Å²) in [4.78, 5) is 4.78. The maximum absolute atomic E-state index is 4.78. The Bertz CT molecular complexity index is 608. The third-order valence-corrected chi connectivity index (χ3v) is 3.75. The first-order valence-electron chi connectivity index (χ1n) is 7.91. The summed E-state index contributed by atoms with van der Waals surface area (Å²) in [5.74, 6) is 1.13. The number of imidazole rings is 1. The number of nitrogens with one attached hydrogen (secondary N) is 1. The molecule has 0 fully saturated rings. The number of aromatic nitrogens is 2. The van der Waals surface area contributed by atoms with Crippen LogP contribution >= 0.6 is 12.4 Å². The van der Waals surface area contributed by atoms with Gasteiger partial charge in [-0.3, -0.25) is 0 Å². The predicted molar refractivity (Wildman–Crippen MR) is 97.6 cm³/mol. The normalized spacial score (nSPS) is 12.5. The zero-order chi connectivity index (χ0) is 15.7. The lowest BCUT2D eigenvalue weighted by Gasteiger charge is -2.33. The number of hydrogen-bond donors (Lipinski definition) is 1. The Labute approximate surface area is 140 Å². The molecule has 0 aliphatic rings. The molecular weight excluding hydrogens is 294 g/mol. The molecule has 22 heavy (non-hydrogen) atoms. The van der Waals surface area contributed by atoms with Crippen LogP contribution in [0.2, 0.25) is 0 Å². The van der Waals surface area contributed by atoms with Crippen molar-refractivity contribution in [2.45, 2.75) is 66.6 Å². The van der Waals surface area contributed by atoms with Crippen molar-refractivity contribution in [1.82, 2.24) is 14.9 Å². The molecule has 1 heterocycles. The minimum Gasteiger partial charge on any atom is -0.327 e. The van der Waals surface area contributed by atoms with E-state index in [1.54, 1.807) is 0 Å². The highest BCUT2D eigenvalue weighted by Gasteiger charge is 2.25. The number of nitrogens with zero attached hydrogens (tertiary/aromatic N) is 2. The molecule has 0 amide bonds. The van der Waals surface area contributed by atoms with Crippen LogP contribution in [0.4, 0.5) is 0 Å². The maximum Gasteiger partial charge on any atom is 0.123 e. The molecule has 2 aromatic rings. The van der Waals surface area contributed by atoms with Crippen molar-refractivity contribution < 1.29 is 0 Å². The number of rotatable bonds is 5. The largest absolute Gasteiger partial charge is 0.327 e. The van der Waals surface area contributed by atoms with Crippen LogP contribution < -0.4 is 5.32 Å². The Morgan fingerprint density at radius 1 is 1.09 bits per heavy atom. The van der Waals surface area contributed by atoms with E-state index in [1.807, 2.05) is 0 Å². The fourth-order valence-corrected chi connectivity index (χ4v) is 3.32. The molecule has 4 heteroatoms. The van der Waals surface area contributed by atoms with Gasteiger partial charge in [-0.1, -0.05) is 32.9 Å². The maximum atomic E-state index is 4.78. The van der Waals surface area contributed by atoms with Gasteiger partial charge < -0.3 is 9.88 Å². The summed E-state index contributed by atoms with van der Waals surface area (Å²) in [6.45, 7) is 15.4. The lowest BCUT2D eigenvalue weighted by molar-refractivity contribution is 0.238. The van der Waals surface area contributed by atoms with Crippen LogP contribution in [-0.2, 0) is 13.1 Å². The molecule has 1 N–H and O–H groups in total. The highest BCUT2D eigenvalue weighted by atomic mass is 35.5. The molecule has 0 unspecified atom stereocenters. The van der Waals surface area contributed by atoms with E-state index in [1.165, 1.54) is 5.52 Å². The van der Waals surface area contributed by atoms with Crippen molar-refractivity contribution in [2.75, 3.05) is 0 Å². The molecule has 2 rings (SSSR count). The Kier molecular flexibility index (Phi) is 6.05. The highest BCUT2D eigenvalue weighted by molar-refractivity contribution is 5.85. The van der Waals surface area contributed by atoms with Gasteiger partial charge in [-0.25, -0.2) is 4.98 Å². The van der Waals surface area contributed by atoms with Gasteiger partial charge in [-0.2, -0.15) is 0 Å². The second kappa shape index (κ2) is 7.01. The van der Waals surface area contributed by atoms with Crippen molar-refractivity contribution in [3.63, 3.8) is 0 Å². The molecule has 1 aromatic heterocycles. The van der Waals surface area contributed by atoms with Crippen LogP contribution in [0.25, 0.3) is 11.0 Å². The highest BCUT2D eigenvalue weighted by Crippen LogP contribution is 2.27. The van der Waals surface area contributed by atoms with E-state index < -0.39 is 0 Å². The first-order valence-corrected chi connectivity index (χ1v) is 7.91. The predicted octanol–water partition coefficient (Wildman–Crippen LogP) is 4.78. The van der Waals surface area contributed by atoms with E-state index in [-0.39, 0.29) is 17.9 Å². The fourth-order valence-electron chi connectivity index (χ4n) is 3.32. The van der Waals surface area contributed by atoms with Gasteiger partial charge >= 0.3 is 0 Å². The summed E-state index contributed by atoms with van der Waals surface area (Å²) in [6, 6.07) is 8.37. The van der Waals surface area contributed by atoms with Crippen LogP contribution in [0.1, 0.15) is 53.8 Å². The van der Waals surface area contributed by atoms with Gasteiger partial charge in [0.05, 0.1) is 17.6 Å². The molecular formula is C18H30ClN3. The Morgan fingerprint density at radius 2 is 1.73 bits per heavy atom. The standard InChI is InChI=1S/C18H29N3.ClH/c1-7-21-15-11-9-8-10-14(15)20-16(21)12-19-18(5,6)13-17(2,3)4;/h8-11,19H,7,12-13H2,1-6H3;1H. The van der Waals surface area contributed by atoms with Gasteiger partial charge in [0.15, 0.2) is 0 Å². The average molecular weight is 324 g/mol. The van der Waals surface area contributed by atoms with E-state index in [2.05, 4.69) is 75.7 Å². The van der Waals surface area contributed by atoms with Crippen LogP contribution in [0.3, 0.4) is 0 Å². The molecule has 0 spiro atoms. The van der Waals surface area contributed by atoms with Crippen LogP contribution in [0.5, 0.6) is 0 Å². The van der Waals surface area contributed by atoms with Gasteiger partial charge in [0.25, 0.3) is 0 Å². The smallest absolute Gasteiger partial charge is 0.123 e. The second-order valence-corrected chi connectivity index (χ2v) is 7.74. The zero-order valence-electron chi connectivity index (χ0n) is 14.7. The second-order valence-electron chi connectivity index (χ2n) is 7.74. The lowest BCUT2D eigenvalue weighted by atomic mass is 9.82. The number of halogens is 1. The SMILES string of the molecule is CCn1c(CNC(C)(C)CC(C)(C)C)nc2ccccc21.Cl. The van der Waals surface area contributed by atoms with Crippen LogP contribution in [0.15, 0.2) is 24.3 Å². The van der Waals surface area contributed by atoms with Crippen molar-refractivity contribution in [2.24, 2.45) is 5.41 Å².